The van der Waals surface area contributed by atoms with Crippen LogP contribution in [0.3, 0.4) is 0 Å². The highest BCUT2D eigenvalue weighted by atomic mass is 32.2. The largest absolute Gasteiger partial charge is 0.396 e. The molecule has 0 spiro atoms. The zero-order valence-electron chi connectivity index (χ0n) is 10.5. The van der Waals surface area contributed by atoms with Crippen LogP contribution in [0.4, 0.5) is 15.8 Å². The Morgan fingerprint density at radius 3 is 2.55 bits per heavy atom. The van der Waals surface area contributed by atoms with E-state index >= 15 is 0 Å². The fraction of sp³-hybridized carbons (Fsp3) is 0.0714. The van der Waals surface area contributed by atoms with E-state index < -0.39 is 22.5 Å². The highest BCUT2D eigenvalue weighted by Gasteiger charge is 2.12. The van der Waals surface area contributed by atoms with Crippen LogP contribution in [0.5, 0.6) is 0 Å². The van der Waals surface area contributed by atoms with Gasteiger partial charge < -0.3 is 11.1 Å². The second-order valence-corrected chi connectivity index (χ2v) is 5.54. The Hall–Kier alpha value is -2.21. The summed E-state index contributed by atoms with van der Waals surface area (Å²) in [6, 6.07) is 12.7. The second-order valence-electron chi connectivity index (χ2n) is 4.09. The van der Waals surface area contributed by atoms with Gasteiger partial charge in [-0.05, 0) is 30.3 Å². The molecular weight excluding hydrogens is 279 g/mol. The number of para-hydroxylation sites is 1. The smallest absolute Gasteiger partial charge is 0.237 e. The molecule has 0 fully saturated rings. The lowest BCUT2D eigenvalue weighted by atomic mass is 10.3. The number of halogens is 1. The summed E-state index contributed by atoms with van der Waals surface area (Å²) in [7, 11) is -1.61. The summed E-state index contributed by atoms with van der Waals surface area (Å²) in [5.74, 6) is -1.27. The lowest BCUT2D eigenvalue weighted by Gasteiger charge is -2.06. The van der Waals surface area contributed by atoms with E-state index in [4.69, 9.17) is 5.73 Å². The Bertz CT molecular complexity index is 647. The Balaban J connectivity index is 2.00. The molecule has 0 aromatic heterocycles. The third kappa shape index (κ3) is 3.64. The minimum Gasteiger partial charge on any atom is -0.396 e. The van der Waals surface area contributed by atoms with Gasteiger partial charge in [-0.15, -0.1) is 0 Å². The van der Waals surface area contributed by atoms with Crippen molar-refractivity contribution in [3.05, 3.63) is 54.3 Å². The molecule has 0 radical (unpaired) electrons. The zero-order valence-corrected chi connectivity index (χ0v) is 11.3. The first-order valence-electron chi connectivity index (χ1n) is 5.84. The van der Waals surface area contributed by atoms with Crippen molar-refractivity contribution >= 4 is 28.1 Å². The molecule has 4 nitrogen and oxygen atoms in total. The number of anilines is 2. The van der Waals surface area contributed by atoms with Crippen LogP contribution in [0.25, 0.3) is 0 Å². The fourth-order valence-electron chi connectivity index (χ4n) is 1.57. The van der Waals surface area contributed by atoms with E-state index in [1.165, 1.54) is 12.1 Å². The molecule has 104 valence electrons. The molecule has 2 aromatic carbocycles. The monoisotopic (exact) mass is 292 g/mol. The van der Waals surface area contributed by atoms with E-state index in [1.54, 1.807) is 24.3 Å². The predicted molar refractivity (Wildman–Crippen MR) is 77.2 cm³/mol. The van der Waals surface area contributed by atoms with Crippen LogP contribution in [0.15, 0.2) is 53.4 Å². The van der Waals surface area contributed by atoms with E-state index in [1.807, 2.05) is 6.07 Å². The molecule has 0 aliphatic heterocycles. The minimum absolute atomic E-state index is 0.0144. The van der Waals surface area contributed by atoms with Gasteiger partial charge in [0.05, 0.1) is 16.5 Å². The number of carbonyl (C=O) groups excluding carboxylic acids is 1. The first kappa shape index (κ1) is 14.2. The summed E-state index contributed by atoms with van der Waals surface area (Å²) < 4.78 is 25.2. The Morgan fingerprint density at radius 2 is 1.90 bits per heavy atom. The first-order chi connectivity index (χ1) is 9.56. The molecule has 0 aliphatic rings. The van der Waals surface area contributed by atoms with Gasteiger partial charge in [-0.3, -0.25) is 9.00 Å². The minimum atomic E-state index is -1.61. The Labute approximate surface area is 118 Å². The van der Waals surface area contributed by atoms with E-state index in [-0.39, 0.29) is 16.3 Å². The maximum absolute atomic E-state index is 13.3. The van der Waals surface area contributed by atoms with Crippen molar-refractivity contribution in [1.82, 2.24) is 0 Å². The number of nitrogens with one attached hydrogen (secondary N) is 1. The van der Waals surface area contributed by atoms with Crippen LogP contribution < -0.4 is 11.1 Å². The Morgan fingerprint density at radius 1 is 1.20 bits per heavy atom. The number of hydrogen-bond donors (Lipinski definition) is 2. The van der Waals surface area contributed by atoms with E-state index in [0.29, 0.717) is 5.69 Å². The zero-order chi connectivity index (χ0) is 14.5. The van der Waals surface area contributed by atoms with Crippen molar-refractivity contribution in [2.45, 2.75) is 4.90 Å². The molecule has 0 saturated carbocycles. The highest BCUT2D eigenvalue weighted by Crippen LogP contribution is 2.15. The number of rotatable bonds is 4. The van der Waals surface area contributed by atoms with Gasteiger partial charge in [0.25, 0.3) is 0 Å². The first-order valence-corrected chi connectivity index (χ1v) is 7.16. The van der Waals surface area contributed by atoms with Crippen molar-refractivity contribution in [3.8, 4) is 0 Å². The van der Waals surface area contributed by atoms with Crippen molar-refractivity contribution in [3.63, 3.8) is 0 Å². The van der Waals surface area contributed by atoms with Gasteiger partial charge in [0, 0.05) is 10.6 Å². The predicted octanol–water partition coefficient (Wildman–Crippen LogP) is 2.15. The molecule has 2 aromatic rings. The molecule has 0 aliphatic carbocycles. The van der Waals surface area contributed by atoms with Gasteiger partial charge in [0.1, 0.15) is 11.6 Å². The topological polar surface area (TPSA) is 72.2 Å². The molecule has 0 saturated heterocycles. The molecule has 0 heterocycles. The maximum Gasteiger partial charge on any atom is 0.237 e. The van der Waals surface area contributed by atoms with Crippen LogP contribution in [-0.2, 0) is 15.6 Å². The highest BCUT2D eigenvalue weighted by molar-refractivity contribution is 7.85. The fourth-order valence-corrected chi connectivity index (χ4v) is 2.50. The summed E-state index contributed by atoms with van der Waals surface area (Å²) in [4.78, 5) is 12.0. The summed E-state index contributed by atoms with van der Waals surface area (Å²) in [5.41, 5.74) is 5.95. The van der Waals surface area contributed by atoms with Crippen LogP contribution in [0.1, 0.15) is 0 Å². The number of carbonyl (C=O) groups is 1. The van der Waals surface area contributed by atoms with Crippen molar-refractivity contribution in [2.24, 2.45) is 0 Å². The summed E-state index contributed by atoms with van der Waals surface area (Å²) in [5, 5.41) is 2.62. The van der Waals surface area contributed by atoms with Crippen molar-refractivity contribution in [2.75, 3.05) is 16.8 Å². The van der Waals surface area contributed by atoms with Gasteiger partial charge in [0.2, 0.25) is 5.91 Å². The normalized spacial score (nSPS) is 11.8. The van der Waals surface area contributed by atoms with Crippen LogP contribution >= 0.6 is 0 Å². The molecular formula is C14H13FN2O2S. The van der Waals surface area contributed by atoms with E-state index in [2.05, 4.69) is 5.32 Å². The van der Waals surface area contributed by atoms with Crippen LogP contribution in [-0.4, -0.2) is 15.9 Å². The number of hydrogen-bond acceptors (Lipinski definition) is 3. The van der Waals surface area contributed by atoms with Crippen molar-refractivity contribution < 1.29 is 13.4 Å². The average Bonchev–Trinajstić information content (AvgIpc) is 2.42. The molecule has 1 unspecified atom stereocenters. The molecule has 0 bridgehead atoms. The summed E-state index contributed by atoms with van der Waals surface area (Å²) >= 11 is 0. The summed E-state index contributed by atoms with van der Waals surface area (Å²) in [6.45, 7) is 0. The molecule has 1 atom stereocenters. The van der Waals surface area contributed by atoms with Gasteiger partial charge in [-0.25, -0.2) is 4.39 Å². The Kier molecular flexibility index (Phi) is 4.47. The second kappa shape index (κ2) is 6.29. The van der Waals surface area contributed by atoms with Crippen molar-refractivity contribution in [1.29, 1.82) is 0 Å². The molecule has 6 heteroatoms. The third-order valence-electron chi connectivity index (χ3n) is 2.55. The number of nitrogens with two attached hydrogens (primary N) is 1. The standard InChI is InChI=1S/C14H13FN2O2S/c15-12-8-11(6-7-13(12)16)20(19)9-14(18)17-10-4-2-1-3-5-10/h1-8H,9,16H2,(H,17,18). The number of amides is 1. The lowest BCUT2D eigenvalue weighted by Crippen LogP contribution is -2.19. The third-order valence-corrected chi connectivity index (χ3v) is 3.86. The molecule has 1 amide bonds. The average molecular weight is 292 g/mol. The van der Waals surface area contributed by atoms with E-state index in [0.717, 1.165) is 6.07 Å². The quantitative estimate of drug-likeness (QED) is 0.848. The lowest BCUT2D eigenvalue weighted by molar-refractivity contribution is -0.113. The van der Waals surface area contributed by atoms with Gasteiger partial charge in [0.15, 0.2) is 0 Å². The van der Waals surface area contributed by atoms with Crippen LogP contribution in [0.2, 0.25) is 0 Å². The summed E-state index contributed by atoms with van der Waals surface area (Å²) in [6.07, 6.45) is 0. The molecule has 20 heavy (non-hydrogen) atoms. The van der Waals surface area contributed by atoms with Crippen LogP contribution in [0, 0.1) is 5.82 Å². The number of nitrogen functional groups attached to an aromatic ring is 1. The van der Waals surface area contributed by atoms with Gasteiger partial charge in [-0.1, -0.05) is 18.2 Å². The number of benzene rings is 2. The molecule has 2 rings (SSSR count). The molecule has 3 N–H and O–H groups in total. The van der Waals surface area contributed by atoms with Gasteiger partial charge >= 0.3 is 0 Å². The SMILES string of the molecule is Nc1ccc(S(=O)CC(=O)Nc2ccccc2)cc1F. The van der Waals surface area contributed by atoms with E-state index in [9.17, 15) is 13.4 Å². The van der Waals surface area contributed by atoms with Gasteiger partial charge in [-0.2, -0.15) is 0 Å². The maximum atomic E-state index is 13.3.